The van der Waals surface area contributed by atoms with Crippen LogP contribution in [-0.2, 0) is 5.41 Å². The minimum Gasteiger partial charge on any atom is -0.308 e. The largest absolute Gasteiger partial charge is 0.323 e. The Hall–Kier alpha value is -3.81. The van der Waals surface area contributed by atoms with Crippen LogP contribution in [0.1, 0.15) is 26.5 Å². The van der Waals surface area contributed by atoms with E-state index in [-0.39, 0.29) is 11.1 Å². The maximum Gasteiger partial charge on any atom is 0.323 e. The van der Waals surface area contributed by atoms with Crippen molar-refractivity contribution in [3.05, 3.63) is 72.1 Å². The monoisotopic (exact) mass is 421 g/mol. The van der Waals surface area contributed by atoms with Crippen LogP contribution in [0.25, 0.3) is 22.2 Å². The number of H-pyrrole nitrogens is 1. The number of hydrogen-bond donors (Lipinski definition) is 3. The number of aromatic amines is 1. The van der Waals surface area contributed by atoms with Crippen LogP contribution in [0.5, 0.6) is 0 Å². The van der Waals surface area contributed by atoms with Gasteiger partial charge in [0.15, 0.2) is 5.65 Å². The van der Waals surface area contributed by atoms with Crippen LogP contribution in [0.2, 0.25) is 0 Å². The highest BCUT2D eigenvalue weighted by Gasteiger charge is 2.19. The first kappa shape index (κ1) is 20.5. The summed E-state index contributed by atoms with van der Waals surface area (Å²) >= 11 is 0. The number of nitrogens with zero attached hydrogens (tertiary/aromatic N) is 2. The molecule has 31 heavy (non-hydrogen) atoms. The fraction of sp³-hybridized carbons (Fsp3) is 0.174. The molecule has 2 aromatic heterocycles. The van der Waals surface area contributed by atoms with E-state index in [2.05, 4.69) is 46.6 Å². The van der Waals surface area contributed by atoms with Crippen molar-refractivity contribution in [1.29, 1.82) is 0 Å². The third-order valence-electron chi connectivity index (χ3n) is 4.82. The number of halogens is 2. The van der Waals surface area contributed by atoms with E-state index in [1.807, 2.05) is 18.2 Å². The summed E-state index contributed by atoms with van der Waals surface area (Å²) in [6.07, 6.45) is 1.74. The molecule has 3 N–H and O–H groups in total. The molecule has 0 fully saturated rings. The number of nitrogens with one attached hydrogen (secondary N) is 3. The second-order valence-electron chi connectivity index (χ2n) is 8.22. The number of anilines is 2. The predicted molar refractivity (Wildman–Crippen MR) is 117 cm³/mol. The Morgan fingerprint density at radius 3 is 2.42 bits per heavy atom. The molecule has 0 atom stereocenters. The van der Waals surface area contributed by atoms with Gasteiger partial charge in [-0.25, -0.2) is 18.6 Å². The first-order valence-electron chi connectivity index (χ1n) is 9.69. The molecule has 0 spiro atoms. The summed E-state index contributed by atoms with van der Waals surface area (Å²) in [5, 5.41) is 12.9. The van der Waals surface area contributed by atoms with Crippen LogP contribution in [0.3, 0.4) is 0 Å². The van der Waals surface area contributed by atoms with E-state index in [0.717, 1.165) is 28.3 Å². The van der Waals surface area contributed by atoms with Gasteiger partial charge in [0, 0.05) is 28.2 Å². The zero-order chi connectivity index (χ0) is 22.2. The maximum absolute atomic E-state index is 13.7. The molecule has 8 heteroatoms. The minimum absolute atomic E-state index is 0.107. The Bertz CT molecular complexity index is 1260. The lowest BCUT2D eigenvalue weighted by atomic mass is 9.89. The molecule has 0 unspecified atom stereocenters. The highest BCUT2D eigenvalue weighted by Crippen LogP contribution is 2.32. The molecule has 0 aliphatic rings. The first-order valence-corrected chi connectivity index (χ1v) is 9.69. The van der Waals surface area contributed by atoms with Crippen molar-refractivity contribution >= 4 is 28.4 Å². The fourth-order valence-corrected chi connectivity index (χ4v) is 3.16. The van der Waals surface area contributed by atoms with Crippen molar-refractivity contribution in [2.75, 3.05) is 10.6 Å². The van der Waals surface area contributed by atoms with Crippen molar-refractivity contribution < 1.29 is 13.6 Å². The predicted octanol–water partition coefficient (Wildman–Crippen LogP) is 5.84. The number of carbonyl (C=O) groups is 1. The van der Waals surface area contributed by atoms with E-state index >= 15 is 0 Å². The maximum atomic E-state index is 13.7. The molecule has 2 heterocycles. The number of amides is 2. The summed E-state index contributed by atoms with van der Waals surface area (Å²) in [6.45, 7) is 6.28. The second-order valence-corrected chi connectivity index (χ2v) is 8.22. The summed E-state index contributed by atoms with van der Waals surface area (Å²) in [6, 6.07) is 11.6. The van der Waals surface area contributed by atoms with Gasteiger partial charge in [0.1, 0.15) is 11.6 Å². The van der Waals surface area contributed by atoms with E-state index in [9.17, 15) is 13.6 Å². The fourth-order valence-electron chi connectivity index (χ4n) is 3.16. The summed E-state index contributed by atoms with van der Waals surface area (Å²) < 4.78 is 26.7. The van der Waals surface area contributed by atoms with Gasteiger partial charge >= 0.3 is 6.03 Å². The van der Waals surface area contributed by atoms with Crippen LogP contribution >= 0.6 is 0 Å². The van der Waals surface area contributed by atoms with Crippen LogP contribution in [-0.4, -0.2) is 21.2 Å². The van der Waals surface area contributed by atoms with Crippen molar-refractivity contribution in [3.63, 3.8) is 0 Å². The quantitative estimate of drug-likeness (QED) is 0.388. The van der Waals surface area contributed by atoms with Crippen LogP contribution < -0.4 is 10.6 Å². The van der Waals surface area contributed by atoms with Gasteiger partial charge in [-0.3, -0.25) is 5.10 Å². The topological polar surface area (TPSA) is 82.7 Å². The van der Waals surface area contributed by atoms with Gasteiger partial charge in [0.2, 0.25) is 0 Å². The number of pyridine rings is 1. The first-order chi connectivity index (χ1) is 14.7. The van der Waals surface area contributed by atoms with Gasteiger partial charge in [-0.1, -0.05) is 32.9 Å². The van der Waals surface area contributed by atoms with Gasteiger partial charge in [0.05, 0.1) is 11.9 Å². The highest BCUT2D eigenvalue weighted by atomic mass is 19.1. The third kappa shape index (κ3) is 4.37. The highest BCUT2D eigenvalue weighted by molar-refractivity contribution is 6.00. The summed E-state index contributed by atoms with van der Waals surface area (Å²) in [5.41, 5.74) is 3.85. The zero-order valence-electron chi connectivity index (χ0n) is 17.3. The molecule has 0 saturated carbocycles. The SMILES string of the molecule is CC(C)(C)c1cc(-c2ccc(NC(=O)Nc3ccc(F)cc3F)cc2)c2cn[nH]c2n1. The average molecular weight is 421 g/mol. The number of aromatic nitrogens is 3. The Morgan fingerprint density at radius 1 is 1.00 bits per heavy atom. The molecule has 0 bridgehead atoms. The molecule has 2 aromatic carbocycles. The standard InChI is InChI=1S/C23H21F2N5O/c1-23(2,3)20-11-16(17-12-26-30-21(17)29-20)13-4-7-15(8-5-13)27-22(31)28-19-9-6-14(24)10-18(19)25/h4-12H,1-3H3,(H,26,29,30)(H2,27,28,31). The van der Waals surface area contributed by atoms with Gasteiger partial charge in [-0.05, 0) is 41.5 Å². The number of fused-ring (bicyclic) bond motifs is 1. The smallest absolute Gasteiger partial charge is 0.308 e. The van der Waals surface area contributed by atoms with Crippen LogP contribution in [0.4, 0.5) is 25.0 Å². The second kappa shape index (κ2) is 7.79. The molecule has 2 amide bonds. The number of rotatable bonds is 3. The summed E-state index contributed by atoms with van der Waals surface area (Å²) in [4.78, 5) is 16.8. The zero-order valence-corrected chi connectivity index (χ0v) is 17.3. The normalized spacial score (nSPS) is 11.5. The third-order valence-corrected chi connectivity index (χ3v) is 4.82. The van der Waals surface area contributed by atoms with Crippen molar-refractivity contribution in [1.82, 2.24) is 15.2 Å². The molecular formula is C23H21F2N5O. The number of urea groups is 1. The van der Waals surface area contributed by atoms with E-state index in [0.29, 0.717) is 17.4 Å². The summed E-state index contributed by atoms with van der Waals surface area (Å²) in [5.74, 6) is -1.56. The molecular weight excluding hydrogens is 400 g/mol. The number of carbonyl (C=O) groups excluding carboxylic acids is 1. The molecule has 0 aliphatic heterocycles. The molecule has 4 aromatic rings. The van der Waals surface area contributed by atoms with Gasteiger partial charge in [-0.2, -0.15) is 5.10 Å². The Labute approximate surface area is 177 Å². The molecule has 0 aliphatic carbocycles. The Morgan fingerprint density at radius 2 is 1.74 bits per heavy atom. The van der Waals surface area contributed by atoms with E-state index in [4.69, 9.17) is 0 Å². The molecule has 0 saturated heterocycles. The van der Waals surface area contributed by atoms with Crippen LogP contribution in [0.15, 0.2) is 54.7 Å². The molecule has 4 rings (SSSR count). The minimum atomic E-state index is -0.845. The lowest BCUT2D eigenvalue weighted by Crippen LogP contribution is -2.20. The average Bonchev–Trinajstić information content (AvgIpc) is 3.18. The summed E-state index contributed by atoms with van der Waals surface area (Å²) in [7, 11) is 0. The van der Waals surface area contributed by atoms with Crippen molar-refractivity contribution in [3.8, 4) is 11.1 Å². The van der Waals surface area contributed by atoms with E-state index in [1.54, 1.807) is 18.3 Å². The van der Waals surface area contributed by atoms with Gasteiger partial charge in [0.25, 0.3) is 0 Å². The van der Waals surface area contributed by atoms with E-state index in [1.165, 1.54) is 6.07 Å². The number of benzene rings is 2. The van der Waals surface area contributed by atoms with Crippen LogP contribution in [0, 0.1) is 11.6 Å². The van der Waals surface area contributed by atoms with Crippen molar-refractivity contribution in [2.24, 2.45) is 0 Å². The molecule has 6 nitrogen and oxygen atoms in total. The number of hydrogen-bond acceptors (Lipinski definition) is 3. The van der Waals surface area contributed by atoms with E-state index < -0.39 is 17.7 Å². The Balaban J connectivity index is 1.56. The lowest BCUT2D eigenvalue weighted by molar-refractivity contribution is 0.262. The van der Waals surface area contributed by atoms with Gasteiger partial charge in [-0.15, -0.1) is 0 Å². The van der Waals surface area contributed by atoms with Crippen molar-refractivity contribution in [2.45, 2.75) is 26.2 Å². The van der Waals surface area contributed by atoms with Gasteiger partial charge < -0.3 is 10.6 Å². The lowest BCUT2D eigenvalue weighted by Gasteiger charge is -2.19. The Kier molecular flexibility index (Phi) is 5.14. The molecule has 158 valence electrons. The molecule has 0 radical (unpaired) electrons.